The van der Waals surface area contributed by atoms with Gasteiger partial charge in [0.1, 0.15) is 0 Å². The van der Waals surface area contributed by atoms with Crippen LogP contribution in [0.25, 0.3) is 0 Å². The van der Waals surface area contributed by atoms with E-state index in [4.69, 9.17) is 15.3 Å². The van der Waals surface area contributed by atoms with Crippen LogP contribution in [0.1, 0.15) is 48.0 Å². The van der Waals surface area contributed by atoms with Crippen molar-refractivity contribution in [2.24, 2.45) is 17.8 Å². The smallest absolute Gasteiger partial charge is 0 e. The topological polar surface area (TPSA) is 60.7 Å². The number of aliphatic hydroxyl groups is 3. The van der Waals surface area contributed by atoms with Crippen molar-refractivity contribution in [3.8, 4) is 0 Å². The molecule has 1 radical (unpaired) electrons. The summed E-state index contributed by atoms with van der Waals surface area (Å²) in [5.41, 5.74) is 0. The molecule has 0 unspecified atom stereocenters. The predicted molar refractivity (Wildman–Crippen MR) is 106 cm³/mol. The van der Waals surface area contributed by atoms with Crippen LogP contribution in [0.2, 0.25) is 11.5 Å². The maximum absolute atomic E-state index is 8.14. The Morgan fingerprint density at radius 1 is 0.833 bits per heavy atom. The van der Waals surface area contributed by atoms with Gasteiger partial charge in [0.25, 0.3) is 0 Å². The van der Waals surface area contributed by atoms with Crippen LogP contribution in [0.5, 0.6) is 0 Å². The van der Waals surface area contributed by atoms with E-state index in [-0.39, 0.29) is 26.2 Å². The first-order chi connectivity index (χ1) is 10.7. The van der Waals surface area contributed by atoms with Gasteiger partial charge in [0.05, 0.1) is 0 Å². The maximum atomic E-state index is 8.14. The molecule has 0 aromatic heterocycles. The van der Waals surface area contributed by atoms with Gasteiger partial charge < -0.3 is 15.3 Å². The molecule has 0 saturated heterocycles. The molecule has 1 aliphatic carbocycles. The van der Waals surface area contributed by atoms with Crippen molar-refractivity contribution in [2.75, 3.05) is 19.8 Å². The van der Waals surface area contributed by atoms with Crippen molar-refractivity contribution in [3.05, 3.63) is 24.3 Å². The number of allylic oxidation sites excluding steroid dienone is 4. The van der Waals surface area contributed by atoms with Crippen LogP contribution in [0.4, 0.5) is 0 Å². The molecule has 0 aromatic rings. The molecule has 0 aliphatic heterocycles. The summed E-state index contributed by atoms with van der Waals surface area (Å²) in [5.74, 6) is 5.88. The predicted octanol–water partition coefficient (Wildman–Crippen LogP) is 3.73. The third kappa shape index (κ3) is 77.9. The zero-order valence-electron chi connectivity index (χ0n) is 17.2. The Bertz CT molecular complexity index is 202. The van der Waals surface area contributed by atoms with Gasteiger partial charge in [-0.25, -0.2) is 12.2 Å². The monoisotopic (exact) mass is 482 g/mol. The minimum atomic E-state index is 0. The zero-order valence-corrected chi connectivity index (χ0v) is 22.1. The first kappa shape index (κ1) is 35.8. The molecule has 145 valence electrons. The molecule has 1 rings (SSSR count). The molecule has 24 heavy (non-hydrogen) atoms. The molecule has 0 aromatic carbocycles. The van der Waals surface area contributed by atoms with Gasteiger partial charge >= 0.3 is 26.9 Å². The second kappa shape index (κ2) is 35.0. The number of hydrogen-bond acceptors (Lipinski definition) is 3. The summed E-state index contributed by atoms with van der Waals surface area (Å²) in [6.07, 6.45) is 10.0. The molecule has 0 saturated carbocycles. The van der Waals surface area contributed by atoms with E-state index in [0.29, 0.717) is 53.0 Å². The molecule has 1 aliphatic rings. The Labute approximate surface area is 177 Å². The van der Waals surface area contributed by atoms with Crippen molar-refractivity contribution in [1.29, 1.82) is 0 Å². The Kier molecular flexibility index (Phi) is 52.2. The Morgan fingerprint density at radius 2 is 1.08 bits per heavy atom. The number of hydrogen-bond donors (Lipinski definition) is 3. The molecule has 0 spiro atoms. The van der Waals surface area contributed by atoms with Crippen LogP contribution in [0.15, 0.2) is 18.2 Å². The second-order valence-corrected chi connectivity index (χ2v) is 8.73. The Morgan fingerprint density at radius 3 is 1.12 bits per heavy atom. The van der Waals surface area contributed by atoms with Crippen LogP contribution in [-0.4, -0.2) is 50.6 Å². The van der Waals surface area contributed by atoms with E-state index >= 15 is 0 Å². The van der Waals surface area contributed by atoms with E-state index in [2.05, 4.69) is 23.7 Å². The van der Waals surface area contributed by atoms with Crippen LogP contribution < -0.4 is 0 Å². The maximum Gasteiger partial charge on any atom is 0 e. The molecule has 0 heterocycles. The van der Waals surface area contributed by atoms with Gasteiger partial charge in [-0.2, -0.15) is 6.08 Å². The fourth-order valence-corrected chi connectivity index (χ4v) is 0.340. The summed E-state index contributed by atoms with van der Waals surface area (Å²) in [4.78, 5) is 0. The van der Waals surface area contributed by atoms with Gasteiger partial charge in [-0.05, 0) is 17.8 Å². The van der Waals surface area contributed by atoms with Gasteiger partial charge in [0, 0.05) is 46.0 Å². The molecule has 3 nitrogen and oxygen atoms in total. The summed E-state index contributed by atoms with van der Waals surface area (Å²) in [7, 11) is 0. The third-order valence-corrected chi connectivity index (χ3v) is 1.68. The van der Waals surface area contributed by atoms with E-state index in [1.165, 1.54) is 0 Å². The van der Waals surface area contributed by atoms with E-state index in [9.17, 15) is 0 Å². The fraction of sp³-hybridized carbons (Fsp3) is 0.789. The van der Waals surface area contributed by atoms with Crippen molar-refractivity contribution in [2.45, 2.75) is 59.5 Å². The van der Waals surface area contributed by atoms with Crippen molar-refractivity contribution >= 4 is 15.4 Å². The zero-order chi connectivity index (χ0) is 19.1. The van der Waals surface area contributed by atoms with E-state index in [0.717, 1.165) is 6.42 Å². The normalized spacial score (nSPS) is 10.4. The van der Waals surface area contributed by atoms with Crippen molar-refractivity contribution in [1.82, 2.24) is 0 Å². The first-order valence-electron chi connectivity index (χ1n) is 8.51. The average molecular weight is 482 g/mol. The largest absolute Gasteiger partial charge is 0 e. The quantitative estimate of drug-likeness (QED) is 0.425. The molecule has 0 atom stereocenters. The number of rotatable bonds is 3. The molecule has 5 heteroatoms. The molecular weight excluding hydrogens is 440 g/mol. The molecule has 0 bridgehead atoms. The van der Waals surface area contributed by atoms with Crippen molar-refractivity contribution < 1.29 is 41.5 Å². The Hall–Kier alpha value is 0.786. The summed E-state index contributed by atoms with van der Waals surface area (Å²) in [6.45, 7) is 12.7. The molecule has 3 N–H and O–H groups in total. The fourth-order valence-electron chi connectivity index (χ4n) is 0.340. The number of aliphatic hydroxyl groups excluding tert-OH is 3. The third-order valence-electron chi connectivity index (χ3n) is 1.68. The van der Waals surface area contributed by atoms with Crippen LogP contribution in [0.3, 0.4) is 0 Å². The summed E-state index contributed by atoms with van der Waals surface area (Å²) < 4.78 is 0. The van der Waals surface area contributed by atoms with E-state index in [1.54, 1.807) is 0 Å². The summed E-state index contributed by atoms with van der Waals surface area (Å²) in [6, 6.07) is 0. The van der Waals surface area contributed by atoms with Gasteiger partial charge in [-0.15, -0.1) is 6.42 Å². The standard InChI is InChI=1S/C5H5.3C4H10O.C2H7Ge.Zr/c1-2-4-5-3-1;3*1-4(2)3-5;1-3-2;/h1-3H,4H2;3*4-5H,3H2,1-2H3;3H,1-2H3;/q-1;;;;;. The first-order valence-corrected chi connectivity index (χ1v) is 13.4. The van der Waals surface area contributed by atoms with Gasteiger partial charge in [-0.3, -0.25) is 6.08 Å². The SMILES string of the molecule is CC(C)CO.CC(C)CO.CC(C)CO.[C-]1=CC=CC1.[CH3][GeH][CH3].[Zr]. The van der Waals surface area contributed by atoms with Gasteiger partial charge in [0.2, 0.25) is 0 Å². The minimum absolute atomic E-state index is 0. The van der Waals surface area contributed by atoms with E-state index < -0.39 is 0 Å². The van der Waals surface area contributed by atoms with Gasteiger partial charge in [-0.1, -0.05) is 41.5 Å². The Balaban J connectivity index is -0.0000000627. The minimum Gasteiger partial charge on any atom is 0 e. The molecular formula is C19H42GeO3Zr-. The average Bonchev–Trinajstić information content (AvgIpc) is 3.08. The molecule has 0 amide bonds. The van der Waals surface area contributed by atoms with Gasteiger partial charge in [0.15, 0.2) is 0 Å². The second-order valence-electron chi connectivity index (χ2n) is 6.31. The summed E-state index contributed by atoms with van der Waals surface area (Å²) in [5, 5.41) is 24.4. The van der Waals surface area contributed by atoms with Crippen LogP contribution in [0, 0.1) is 23.8 Å². The van der Waals surface area contributed by atoms with E-state index in [1.807, 2.05) is 53.7 Å². The van der Waals surface area contributed by atoms with Crippen LogP contribution in [-0.2, 0) is 26.2 Å². The molecule has 0 fully saturated rings. The summed E-state index contributed by atoms with van der Waals surface area (Å²) >= 11 is 0.312. The van der Waals surface area contributed by atoms with Crippen LogP contribution >= 0.6 is 0 Å². The van der Waals surface area contributed by atoms with Crippen molar-refractivity contribution in [3.63, 3.8) is 0 Å².